The Balaban J connectivity index is 1.96. The zero-order chi connectivity index (χ0) is 13.7. The largest absolute Gasteiger partial charge is 0.493 e. The Morgan fingerprint density at radius 1 is 1.11 bits per heavy atom. The van der Waals surface area contributed by atoms with Crippen LogP contribution in [-0.2, 0) is 6.42 Å². The Morgan fingerprint density at radius 3 is 2.47 bits per heavy atom. The molecule has 5 heteroatoms. The molecule has 0 saturated heterocycles. The minimum atomic E-state index is -0.409. The van der Waals surface area contributed by atoms with Gasteiger partial charge in [-0.25, -0.2) is 4.39 Å². The van der Waals surface area contributed by atoms with Crippen molar-refractivity contribution in [1.82, 2.24) is 0 Å². The van der Waals surface area contributed by atoms with E-state index in [1.165, 1.54) is 30.3 Å². The minimum absolute atomic E-state index is 0.0882. The molecule has 0 bridgehead atoms. The molecule has 0 radical (unpaired) electrons. The van der Waals surface area contributed by atoms with Crippen LogP contribution in [0.4, 0.5) is 10.1 Å². The Hall–Kier alpha value is -2.43. The topological polar surface area (TPSA) is 52.4 Å². The third-order valence-electron chi connectivity index (χ3n) is 2.64. The molecule has 0 aromatic heterocycles. The third kappa shape index (κ3) is 3.51. The number of halogens is 1. The monoisotopic (exact) mass is 261 g/mol. The van der Waals surface area contributed by atoms with E-state index in [0.29, 0.717) is 24.3 Å². The van der Waals surface area contributed by atoms with Crippen molar-refractivity contribution in [2.45, 2.75) is 6.42 Å². The van der Waals surface area contributed by atoms with Crippen molar-refractivity contribution in [3.05, 3.63) is 70.0 Å². The number of nitrogens with zero attached hydrogens (tertiary/aromatic N) is 1. The zero-order valence-electron chi connectivity index (χ0n) is 10.1. The molecule has 0 unspecified atom stereocenters. The number of para-hydroxylation sites is 1. The lowest BCUT2D eigenvalue weighted by atomic mass is 10.1. The van der Waals surface area contributed by atoms with Crippen molar-refractivity contribution in [2.75, 3.05) is 6.61 Å². The van der Waals surface area contributed by atoms with Crippen molar-refractivity contribution < 1.29 is 14.1 Å². The summed E-state index contributed by atoms with van der Waals surface area (Å²) >= 11 is 0. The lowest BCUT2D eigenvalue weighted by Gasteiger charge is -2.06. The molecule has 0 saturated carbocycles. The number of ether oxygens (including phenoxy) is 1. The van der Waals surface area contributed by atoms with Gasteiger partial charge in [0, 0.05) is 18.1 Å². The number of nitro groups is 1. The fourth-order valence-corrected chi connectivity index (χ4v) is 1.71. The van der Waals surface area contributed by atoms with E-state index in [2.05, 4.69) is 0 Å². The van der Waals surface area contributed by atoms with E-state index in [9.17, 15) is 14.5 Å². The fourth-order valence-electron chi connectivity index (χ4n) is 1.71. The molecule has 0 aliphatic rings. The van der Waals surface area contributed by atoms with Gasteiger partial charge in [-0.2, -0.15) is 0 Å². The highest BCUT2D eigenvalue weighted by atomic mass is 19.1. The molecule has 0 N–H and O–H groups in total. The summed E-state index contributed by atoms with van der Waals surface area (Å²) in [6, 6.07) is 12.2. The summed E-state index contributed by atoms with van der Waals surface area (Å²) in [5.41, 5.74) is 0.708. The van der Waals surface area contributed by atoms with E-state index in [1.807, 2.05) is 0 Å². The first-order valence-corrected chi connectivity index (χ1v) is 5.77. The molecule has 0 fully saturated rings. The predicted molar refractivity (Wildman–Crippen MR) is 68.7 cm³/mol. The quantitative estimate of drug-likeness (QED) is 0.612. The number of hydrogen-bond acceptors (Lipinski definition) is 3. The molecule has 0 amide bonds. The van der Waals surface area contributed by atoms with Crippen molar-refractivity contribution >= 4 is 5.69 Å². The van der Waals surface area contributed by atoms with Crippen molar-refractivity contribution in [1.29, 1.82) is 0 Å². The summed E-state index contributed by atoms with van der Waals surface area (Å²) in [5, 5.41) is 10.8. The van der Waals surface area contributed by atoms with Gasteiger partial charge in [0.05, 0.1) is 11.5 Å². The van der Waals surface area contributed by atoms with Gasteiger partial charge in [-0.1, -0.05) is 18.2 Å². The average Bonchev–Trinajstić information content (AvgIpc) is 2.41. The van der Waals surface area contributed by atoms with Gasteiger partial charge in [0.25, 0.3) is 5.69 Å². The van der Waals surface area contributed by atoms with Crippen molar-refractivity contribution in [3.8, 4) is 5.75 Å². The van der Waals surface area contributed by atoms with E-state index < -0.39 is 4.92 Å². The lowest BCUT2D eigenvalue weighted by molar-refractivity contribution is -0.385. The van der Waals surface area contributed by atoms with Crippen molar-refractivity contribution in [2.24, 2.45) is 0 Å². The molecular formula is C14H12FNO3. The predicted octanol–water partition coefficient (Wildman–Crippen LogP) is 3.36. The molecule has 0 aliphatic heterocycles. The number of rotatable bonds is 5. The van der Waals surface area contributed by atoms with Gasteiger partial charge in [-0.05, 0) is 24.3 Å². The average molecular weight is 261 g/mol. The molecule has 0 heterocycles. The van der Waals surface area contributed by atoms with Crippen LogP contribution in [0.25, 0.3) is 0 Å². The molecular weight excluding hydrogens is 249 g/mol. The van der Waals surface area contributed by atoms with Gasteiger partial charge >= 0.3 is 0 Å². The van der Waals surface area contributed by atoms with Gasteiger partial charge in [-0.3, -0.25) is 10.1 Å². The number of nitro benzene ring substituents is 1. The summed E-state index contributed by atoms with van der Waals surface area (Å²) in [5.74, 6) is 0.214. The SMILES string of the molecule is O=[N+]([O-])c1ccccc1CCOc1ccc(F)cc1. The summed E-state index contributed by atoms with van der Waals surface area (Å²) in [4.78, 5) is 10.4. The molecule has 98 valence electrons. The first-order chi connectivity index (χ1) is 9.16. The first-order valence-electron chi connectivity index (χ1n) is 5.77. The standard InChI is InChI=1S/C14H12FNO3/c15-12-5-7-13(8-6-12)19-10-9-11-3-1-2-4-14(11)16(17)18/h1-8H,9-10H2. The van der Waals surface area contributed by atoms with Crippen LogP contribution in [0.2, 0.25) is 0 Å². The third-order valence-corrected chi connectivity index (χ3v) is 2.64. The molecule has 0 aliphatic carbocycles. The molecule has 4 nitrogen and oxygen atoms in total. The summed E-state index contributed by atoms with van der Waals surface area (Å²) in [6.45, 7) is 0.302. The van der Waals surface area contributed by atoms with Crippen LogP contribution in [0, 0.1) is 15.9 Å². The van der Waals surface area contributed by atoms with Crippen LogP contribution in [0.3, 0.4) is 0 Å². The molecule has 2 aromatic rings. The van der Waals surface area contributed by atoms with E-state index in [0.717, 1.165) is 0 Å². The second-order valence-corrected chi connectivity index (χ2v) is 3.94. The normalized spacial score (nSPS) is 10.2. The van der Waals surface area contributed by atoms with Crippen LogP contribution in [-0.4, -0.2) is 11.5 Å². The molecule has 2 rings (SSSR count). The van der Waals surface area contributed by atoms with E-state index in [-0.39, 0.29) is 11.5 Å². The maximum atomic E-state index is 12.7. The Kier molecular flexibility index (Phi) is 4.07. The van der Waals surface area contributed by atoms with Crippen LogP contribution >= 0.6 is 0 Å². The van der Waals surface area contributed by atoms with Crippen LogP contribution in [0.15, 0.2) is 48.5 Å². The highest BCUT2D eigenvalue weighted by molar-refractivity contribution is 5.39. The summed E-state index contributed by atoms with van der Waals surface area (Å²) in [7, 11) is 0. The van der Waals surface area contributed by atoms with Gasteiger partial charge in [0.2, 0.25) is 0 Å². The molecule has 2 aromatic carbocycles. The fraction of sp³-hybridized carbons (Fsp3) is 0.143. The molecule has 19 heavy (non-hydrogen) atoms. The molecule has 0 spiro atoms. The van der Waals surface area contributed by atoms with Gasteiger partial charge < -0.3 is 4.74 Å². The highest BCUT2D eigenvalue weighted by Gasteiger charge is 2.11. The van der Waals surface area contributed by atoms with Gasteiger partial charge in [0.15, 0.2) is 0 Å². The lowest BCUT2D eigenvalue weighted by Crippen LogP contribution is -2.03. The second kappa shape index (κ2) is 5.95. The maximum Gasteiger partial charge on any atom is 0.272 e. The van der Waals surface area contributed by atoms with Crippen LogP contribution in [0.5, 0.6) is 5.75 Å². The Labute approximate surface area is 109 Å². The number of benzene rings is 2. The first kappa shape index (κ1) is 13.0. The summed E-state index contributed by atoms with van der Waals surface area (Å²) < 4.78 is 18.1. The Bertz CT molecular complexity index is 569. The summed E-state index contributed by atoms with van der Waals surface area (Å²) in [6.07, 6.45) is 0.425. The van der Waals surface area contributed by atoms with E-state index >= 15 is 0 Å². The van der Waals surface area contributed by atoms with Gasteiger partial charge in [0.1, 0.15) is 11.6 Å². The smallest absolute Gasteiger partial charge is 0.272 e. The Morgan fingerprint density at radius 2 is 1.79 bits per heavy atom. The van der Waals surface area contributed by atoms with E-state index in [4.69, 9.17) is 4.74 Å². The second-order valence-electron chi connectivity index (χ2n) is 3.94. The highest BCUT2D eigenvalue weighted by Crippen LogP contribution is 2.18. The minimum Gasteiger partial charge on any atom is -0.493 e. The number of hydrogen-bond donors (Lipinski definition) is 0. The zero-order valence-corrected chi connectivity index (χ0v) is 10.1. The maximum absolute atomic E-state index is 12.7. The molecule has 0 atom stereocenters. The van der Waals surface area contributed by atoms with Gasteiger partial charge in [-0.15, -0.1) is 0 Å². The van der Waals surface area contributed by atoms with Crippen LogP contribution in [0.1, 0.15) is 5.56 Å². The van der Waals surface area contributed by atoms with Crippen molar-refractivity contribution in [3.63, 3.8) is 0 Å². The van der Waals surface area contributed by atoms with E-state index in [1.54, 1.807) is 18.2 Å². The van der Waals surface area contributed by atoms with Crippen LogP contribution < -0.4 is 4.74 Å².